The Balaban J connectivity index is 1.97. The van der Waals surface area contributed by atoms with Gasteiger partial charge in [-0.15, -0.1) is 0 Å². The quantitative estimate of drug-likeness (QED) is 0.845. The smallest absolute Gasteiger partial charge is 0.226 e. The van der Waals surface area contributed by atoms with E-state index in [-0.39, 0.29) is 0 Å². The lowest BCUT2D eigenvalue weighted by Crippen LogP contribution is -1.99. The Hall–Kier alpha value is -1.36. The molecule has 0 atom stereocenters. The van der Waals surface area contributed by atoms with Crippen LogP contribution < -0.4 is 4.74 Å². The SMILES string of the molecule is CCCc1nc(COc2ccc(Br)cc2C)no1. The maximum atomic E-state index is 5.66. The highest BCUT2D eigenvalue weighted by Crippen LogP contribution is 2.22. The van der Waals surface area contributed by atoms with Crippen LogP contribution in [0.1, 0.15) is 30.6 Å². The van der Waals surface area contributed by atoms with E-state index in [9.17, 15) is 0 Å². The van der Waals surface area contributed by atoms with Gasteiger partial charge in [0.05, 0.1) is 0 Å². The number of hydrogen-bond donors (Lipinski definition) is 0. The molecule has 5 heteroatoms. The summed E-state index contributed by atoms with van der Waals surface area (Å²) in [6, 6.07) is 5.88. The highest BCUT2D eigenvalue weighted by Gasteiger charge is 2.07. The van der Waals surface area contributed by atoms with E-state index in [2.05, 4.69) is 33.0 Å². The molecule has 1 heterocycles. The second-order valence-electron chi connectivity index (χ2n) is 4.05. The van der Waals surface area contributed by atoms with Gasteiger partial charge in [-0.3, -0.25) is 0 Å². The molecule has 0 saturated heterocycles. The minimum atomic E-state index is 0.329. The second-order valence-corrected chi connectivity index (χ2v) is 4.97. The normalized spacial score (nSPS) is 10.6. The molecule has 0 spiro atoms. The molecular formula is C13H15BrN2O2. The van der Waals surface area contributed by atoms with Gasteiger partial charge in [0.15, 0.2) is 6.61 Å². The van der Waals surface area contributed by atoms with E-state index < -0.39 is 0 Å². The lowest BCUT2D eigenvalue weighted by atomic mass is 10.2. The largest absolute Gasteiger partial charge is 0.485 e. The van der Waals surface area contributed by atoms with Crippen LogP contribution in [0.4, 0.5) is 0 Å². The van der Waals surface area contributed by atoms with Crippen LogP contribution in [0.2, 0.25) is 0 Å². The summed E-state index contributed by atoms with van der Waals surface area (Å²) in [5.41, 5.74) is 1.07. The van der Waals surface area contributed by atoms with Crippen LogP contribution in [-0.2, 0) is 13.0 Å². The fraction of sp³-hybridized carbons (Fsp3) is 0.385. The maximum Gasteiger partial charge on any atom is 0.226 e. The molecule has 18 heavy (non-hydrogen) atoms. The highest BCUT2D eigenvalue weighted by atomic mass is 79.9. The Morgan fingerprint density at radius 1 is 1.39 bits per heavy atom. The van der Waals surface area contributed by atoms with Crippen LogP contribution in [0, 0.1) is 6.92 Å². The molecule has 0 amide bonds. The summed E-state index contributed by atoms with van der Waals surface area (Å²) >= 11 is 3.42. The van der Waals surface area contributed by atoms with Crippen molar-refractivity contribution in [3.05, 3.63) is 40.0 Å². The molecule has 1 aromatic heterocycles. The molecule has 0 unspecified atom stereocenters. The van der Waals surface area contributed by atoms with Gasteiger partial charge in [0.25, 0.3) is 0 Å². The third-order valence-electron chi connectivity index (χ3n) is 2.47. The number of benzene rings is 1. The van der Waals surface area contributed by atoms with Crippen molar-refractivity contribution in [3.63, 3.8) is 0 Å². The van der Waals surface area contributed by atoms with Crippen molar-refractivity contribution in [2.75, 3.05) is 0 Å². The number of aromatic nitrogens is 2. The van der Waals surface area contributed by atoms with Crippen molar-refractivity contribution in [1.29, 1.82) is 0 Å². The molecule has 0 radical (unpaired) electrons. The van der Waals surface area contributed by atoms with Crippen LogP contribution in [0.15, 0.2) is 27.2 Å². The molecule has 1 aromatic carbocycles. The zero-order valence-corrected chi connectivity index (χ0v) is 12.0. The van der Waals surface area contributed by atoms with Gasteiger partial charge >= 0.3 is 0 Å². The van der Waals surface area contributed by atoms with Crippen molar-refractivity contribution < 1.29 is 9.26 Å². The maximum absolute atomic E-state index is 5.66. The van der Waals surface area contributed by atoms with E-state index >= 15 is 0 Å². The molecule has 0 aliphatic rings. The molecule has 0 aliphatic heterocycles. The fourth-order valence-electron chi connectivity index (χ4n) is 1.58. The predicted octanol–water partition coefficient (Wildman–Crippen LogP) is 3.67. The summed E-state index contributed by atoms with van der Waals surface area (Å²) in [4.78, 5) is 4.25. The van der Waals surface area contributed by atoms with Crippen molar-refractivity contribution in [2.24, 2.45) is 0 Å². The first-order valence-electron chi connectivity index (χ1n) is 5.89. The molecule has 0 bridgehead atoms. The monoisotopic (exact) mass is 310 g/mol. The summed E-state index contributed by atoms with van der Waals surface area (Å²) in [5.74, 6) is 2.09. The highest BCUT2D eigenvalue weighted by molar-refractivity contribution is 9.10. The van der Waals surface area contributed by atoms with E-state index in [1.807, 2.05) is 25.1 Å². The van der Waals surface area contributed by atoms with Gasteiger partial charge in [0.1, 0.15) is 5.75 Å². The van der Waals surface area contributed by atoms with Crippen molar-refractivity contribution in [3.8, 4) is 5.75 Å². The van der Waals surface area contributed by atoms with E-state index in [1.54, 1.807) is 0 Å². The molecule has 0 N–H and O–H groups in total. The first-order valence-corrected chi connectivity index (χ1v) is 6.68. The lowest BCUT2D eigenvalue weighted by Gasteiger charge is -2.06. The first-order chi connectivity index (χ1) is 8.69. The number of aryl methyl sites for hydroxylation is 2. The Kier molecular flexibility index (Phi) is 4.36. The van der Waals surface area contributed by atoms with Gasteiger partial charge in [-0.05, 0) is 37.1 Å². The third-order valence-corrected chi connectivity index (χ3v) is 2.96. The Morgan fingerprint density at radius 3 is 2.94 bits per heavy atom. The summed E-state index contributed by atoms with van der Waals surface area (Å²) in [6.45, 7) is 4.40. The minimum Gasteiger partial charge on any atom is -0.485 e. The third kappa shape index (κ3) is 3.32. The molecule has 0 aliphatic carbocycles. The Bertz CT molecular complexity index is 525. The number of halogens is 1. The summed E-state index contributed by atoms with van der Waals surface area (Å²) in [6.07, 6.45) is 1.80. The van der Waals surface area contributed by atoms with E-state index in [4.69, 9.17) is 9.26 Å². The van der Waals surface area contributed by atoms with Gasteiger partial charge in [0.2, 0.25) is 11.7 Å². The zero-order chi connectivity index (χ0) is 13.0. The van der Waals surface area contributed by atoms with Gasteiger partial charge < -0.3 is 9.26 Å². The van der Waals surface area contributed by atoms with Crippen molar-refractivity contribution >= 4 is 15.9 Å². The van der Waals surface area contributed by atoms with E-state index in [0.717, 1.165) is 28.6 Å². The standard InChI is InChI=1S/C13H15BrN2O2/c1-3-4-13-15-12(16-18-13)8-17-11-6-5-10(14)7-9(11)2/h5-7H,3-4,8H2,1-2H3. The molecule has 2 rings (SSSR count). The van der Waals surface area contributed by atoms with Crippen molar-refractivity contribution in [2.45, 2.75) is 33.3 Å². The summed E-state index contributed by atoms with van der Waals surface area (Å²) in [5, 5.41) is 3.88. The first kappa shape index (κ1) is 13.1. The number of hydrogen-bond acceptors (Lipinski definition) is 4. The Morgan fingerprint density at radius 2 is 2.22 bits per heavy atom. The Labute approximate surface area is 114 Å². The van der Waals surface area contributed by atoms with Crippen LogP contribution >= 0.6 is 15.9 Å². The van der Waals surface area contributed by atoms with Crippen LogP contribution in [-0.4, -0.2) is 10.1 Å². The summed E-state index contributed by atoms with van der Waals surface area (Å²) in [7, 11) is 0. The molecule has 0 saturated carbocycles. The van der Waals surface area contributed by atoms with E-state index in [1.165, 1.54) is 0 Å². The van der Waals surface area contributed by atoms with E-state index in [0.29, 0.717) is 18.3 Å². The number of ether oxygens (including phenoxy) is 1. The molecule has 0 fully saturated rings. The van der Waals surface area contributed by atoms with Crippen LogP contribution in [0.5, 0.6) is 5.75 Å². The number of nitrogens with zero attached hydrogens (tertiary/aromatic N) is 2. The average Bonchev–Trinajstić information content (AvgIpc) is 2.76. The molecule has 4 nitrogen and oxygen atoms in total. The van der Waals surface area contributed by atoms with Gasteiger partial charge in [-0.1, -0.05) is 28.0 Å². The van der Waals surface area contributed by atoms with Gasteiger partial charge in [-0.25, -0.2) is 0 Å². The minimum absolute atomic E-state index is 0.329. The van der Waals surface area contributed by atoms with Gasteiger partial charge in [0, 0.05) is 10.9 Å². The topological polar surface area (TPSA) is 48.2 Å². The fourth-order valence-corrected chi connectivity index (χ4v) is 2.06. The predicted molar refractivity (Wildman–Crippen MR) is 71.5 cm³/mol. The molecular weight excluding hydrogens is 296 g/mol. The molecule has 2 aromatic rings. The molecule has 96 valence electrons. The number of rotatable bonds is 5. The van der Waals surface area contributed by atoms with Crippen LogP contribution in [0.3, 0.4) is 0 Å². The average molecular weight is 311 g/mol. The van der Waals surface area contributed by atoms with Crippen molar-refractivity contribution in [1.82, 2.24) is 10.1 Å². The van der Waals surface area contributed by atoms with Gasteiger partial charge in [-0.2, -0.15) is 4.98 Å². The summed E-state index contributed by atoms with van der Waals surface area (Å²) < 4.78 is 11.8. The lowest BCUT2D eigenvalue weighted by molar-refractivity contribution is 0.283. The van der Waals surface area contributed by atoms with Crippen LogP contribution in [0.25, 0.3) is 0 Å². The second kappa shape index (κ2) is 6.00. The zero-order valence-electron chi connectivity index (χ0n) is 10.4.